The number of fused-ring (bicyclic) bond motifs is 1. The smallest absolute Gasteiger partial charge is 0.424 e. The molecule has 98 valence electrons. The predicted octanol–water partition coefficient (Wildman–Crippen LogP) is -0.333. The van der Waals surface area contributed by atoms with Crippen molar-refractivity contribution >= 4 is 6.16 Å². The zero-order chi connectivity index (χ0) is 11.9. The Balaban J connectivity index is 0.00000144. The molecule has 6 nitrogen and oxygen atoms in total. The second kappa shape index (κ2) is 8.47. The minimum Gasteiger partial charge on any atom is -0.424 e. The Kier molecular flexibility index (Phi) is 9.43. The van der Waals surface area contributed by atoms with Crippen LogP contribution in [0.2, 0.25) is 0 Å². The Hall–Kier alpha value is 2.03. The van der Waals surface area contributed by atoms with Crippen LogP contribution in [-0.2, 0) is 14.2 Å². The van der Waals surface area contributed by atoms with Gasteiger partial charge in [0.05, 0.1) is 12.7 Å². The monoisotopic (exact) mass is 686 g/mol. The summed E-state index contributed by atoms with van der Waals surface area (Å²) in [4.78, 5) is 11.0. The molecule has 2 N–H and O–H groups in total. The van der Waals surface area contributed by atoms with E-state index in [-0.39, 0.29) is 101 Å². The van der Waals surface area contributed by atoms with Crippen molar-refractivity contribution in [3.8, 4) is 0 Å². The van der Waals surface area contributed by atoms with E-state index < -0.39 is 36.7 Å². The van der Waals surface area contributed by atoms with E-state index in [0.717, 1.165) is 0 Å². The van der Waals surface area contributed by atoms with Crippen LogP contribution in [-0.4, -0.2) is 53.5 Å². The molecule has 0 bridgehead atoms. The van der Waals surface area contributed by atoms with Gasteiger partial charge in [-0.25, -0.2) is 4.79 Å². The topological polar surface area (TPSA) is 85.2 Å². The van der Waals surface area contributed by atoms with E-state index in [4.69, 9.17) is 19.3 Å². The zero-order valence-corrected chi connectivity index (χ0v) is 19.8. The van der Waals surface area contributed by atoms with Gasteiger partial charge >= 0.3 is 6.16 Å². The molecule has 0 aromatic rings. The molecule has 2 aliphatic heterocycles. The van der Waals surface area contributed by atoms with Crippen LogP contribution in [0, 0.1) is 94.0 Å². The molecule has 18 heavy (non-hydrogen) atoms. The number of aliphatic hydroxyl groups excluding tert-OH is 2. The third-order valence-electron chi connectivity index (χ3n) is 3.00. The summed E-state index contributed by atoms with van der Waals surface area (Å²) in [5.74, 6) is 0.0595. The number of aliphatic hydroxyl groups is 2. The summed E-state index contributed by atoms with van der Waals surface area (Å²) in [5, 5.41) is 19.1. The van der Waals surface area contributed by atoms with Crippen molar-refractivity contribution in [2.45, 2.75) is 44.4 Å². The molecule has 8 heteroatoms. The maximum Gasteiger partial charge on any atom is 0.509 e. The molecule has 0 saturated carbocycles. The van der Waals surface area contributed by atoms with Gasteiger partial charge in [-0.1, -0.05) is 13.8 Å². The zero-order valence-electron chi connectivity index (χ0n) is 10.4. The standard InChI is InChI=1S/C10H16O6.2Ac/c1-4(2)7-6(12)9-8(5(3-11)14-7)15-10(13)16-9;;/h4-9,11-12H,3H2,1-2H3;;/t5?,6?,7-,8-,9+;;/m0../s1. The molecule has 0 amide bonds. The fourth-order valence-electron chi connectivity index (χ4n) is 2.18. The van der Waals surface area contributed by atoms with E-state index >= 15 is 0 Å². The molecule has 0 spiro atoms. The molecule has 2 radical (unpaired) electrons. The van der Waals surface area contributed by atoms with Crippen molar-refractivity contribution in [3.63, 3.8) is 0 Å². The first-order chi connectivity index (χ1) is 7.54. The van der Waals surface area contributed by atoms with Gasteiger partial charge in [-0.15, -0.1) is 0 Å². The van der Waals surface area contributed by atoms with Crippen LogP contribution >= 0.6 is 0 Å². The second-order valence-electron chi connectivity index (χ2n) is 4.47. The molecule has 2 rings (SSSR count). The fraction of sp³-hybridized carbons (Fsp3) is 0.900. The first kappa shape index (κ1) is 20.0. The number of carbonyl (C=O) groups is 1. The first-order valence-electron chi connectivity index (χ1n) is 5.36. The summed E-state index contributed by atoms with van der Waals surface area (Å²) in [5.41, 5.74) is 0. The van der Waals surface area contributed by atoms with E-state index in [9.17, 15) is 9.90 Å². The molecule has 0 aliphatic carbocycles. The SMILES string of the molecule is CC(C)[C@@H]1OC(CO)[C@@H]2OC(=O)O[C@@H]2C1O.[Ac].[Ac]. The maximum absolute atomic E-state index is 11.0. The van der Waals surface area contributed by atoms with Gasteiger partial charge in [-0.2, -0.15) is 0 Å². The van der Waals surface area contributed by atoms with Gasteiger partial charge < -0.3 is 24.4 Å². The number of ether oxygens (including phenoxy) is 3. The van der Waals surface area contributed by atoms with Gasteiger partial charge in [0.25, 0.3) is 0 Å². The summed E-state index contributed by atoms with van der Waals surface area (Å²) < 4.78 is 15.3. The van der Waals surface area contributed by atoms with Crippen LogP contribution < -0.4 is 0 Å². The Labute approximate surface area is 177 Å². The summed E-state index contributed by atoms with van der Waals surface area (Å²) in [7, 11) is 0. The van der Waals surface area contributed by atoms with Crippen molar-refractivity contribution in [2.75, 3.05) is 6.61 Å². The number of carbonyl (C=O) groups excluding carboxylic acids is 1. The van der Waals surface area contributed by atoms with Gasteiger partial charge in [0.15, 0.2) is 12.2 Å². The van der Waals surface area contributed by atoms with E-state index in [1.807, 2.05) is 13.8 Å². The summed E-state index contributed by atoms with van der Waals surface area (Å²) in [6.07, 6.45) is -4.30. The number of hydrogen-bond acceptors (Lipinski definition) is 6. The van der Waals surface area contributed by atoms with Crippen LogP contribution in [0.5, 0.6) is 0 Å². The molecular formula is C10H16Ac2O6. The molecule has 5 atom stereocenters. The molecule has 2 fully saturated rings. The third-order valence-corrected chi connectivity index (χ3v) is 3.00. The van der Waals surface area contributed by atoms with Gasteiger partial charge in [0, 0.05) is 88.1 Å². The van der Waals surface area contributed by atoms with Gasteiger partial charge in [-0.3, -0.25) is 0 Å². The molecule has 2 unspecified atom stereocenters. The number of hydrogen-bond donors (Lipinski definition) is 2. The van der Waals surface area contributed by atoms with Gasteiger partial charge in [-0.05, 0) is 5.92 Å². The first-order valence-corrected chi connectivity index (χ1v) is 5.36. The minimum atomic E-state index is -0.917. The van der Waals surface area contributed by atoms with Gasteiger partial charge in [0.2, 0.25) is 0 Å². The molecule has 2 saturated heterocycles. The van der Waals surface area contributed by atoms with Crippen molar-refractivity contribution in [1.29, 1.82) is 0 Å². The maximum atomic E-state index is 11.0. The van der Waals surface area contributed by atoms with E-state index in [1.165, 1.54) is 0 Å². The minimum absolute atomic E-state index is 0. The van der Waals surface area contributed by atoms with Crippen LogP contribution in [0.1, 0.15) is 13.8 Å². The third kappa shape index (κ3) is 4.03. The Bertz CT molecular complexity index is 288. The molecule has 2 aliphatic rings. The normalized spacial score (nSPS) is 38.1. The van der Waals surface area contributed by atoms with Crippen LogP contribution in [0.25, 0.3) is 0 Å². The summed E-state index contributed by atoms with van der Waals surface area (Å²) in [6, 6.07) is 0. The van der Waals surface area contributed by atoms with Crippen molar-refractivity contribution in [1.82, 2.24) is 0 Å². The summed E-state index contributed by atoms with van der Waals surface area (Å²) >= 11 is 0. The average molecular weight is 686 g/mol. The van der Waals surface area contributed by atoms with Crippen molar-refractivity contribution in [3.05, 3.63) is 0 Å². The van der Waals surface area contributed by atoms with Crippen LogP contribution in [0.4, 0.5) is 4.79 Å². The van der Waals surface area contributed by atoms with Gasteiger partial charge in [0.1, 0.15) is 12.2 Å². The Morgan fingerprint density at radius 3 is 2.28 bits per heavy atom. The van der Waals surface area contributed by atoms with Crippen molar-refractivity contribution < 1.29 is 117 Å². The van der Waals surface area contributed by atoms with Crippen molar-refractivity contribution in [2.24, 2.45) is 5.92 Å². The van der Waals surface area contributed by atoms with E-state index in [2.05, 4.69) is 0 Å². The number of rotatable bonds is 2. The fourth-order valence-corrected chi connectivity index (χ4v) is 2.18. The largest absolute Gasteiger partial charge is 0.509 e. The second-order valence-corrected chi connectivity index (χ2v) is 4.47. The average Bonchev–Trinajstić information content (AvgIpc) is 2.60. The molecule has 0 aromatic heterocycles. The molecular weight excluding hydrogens is 670 g/mol. The quantitative estimate of drug-likeness (QED) is 0.388. The van der Waals surface area contributed by atoms with E-state index in [0.29, 0.717) is 0 Å². The summed E-state index contributed by atoms with van der Waals surface area (Å²) in [6.45, 7) is 3.51. The van der Waals surface area contributed by atoms with Crippen LogP contribution in [0.15, 0.2) is 0 Å². The Morgan fingerprint density at radius 1 is 1.22 bits per heavy atom. The Morgan fingerprint density at radius 2 is 1.78 bits per heavy atom. The van der Waals surface area contributed by atoms with Crippen LogP contribution in [0.3, 0.4) is 0 Å². The predicted molar refractivity (Wildman–Crippen MR) is 51.7 cm³/mol. The van der Waals surface area contributed by atoms with E-state index in [1.54, 1.807) is 0 Å². The molecule has 2 heterocycles. The molecule has 0 aromatic carbocycles.